The van der Waals surface area contributed by atoms with Crippen LogP contribution in [0.5, 0.6) is 0 Å². The number of fused-ring (bicyclic) bond motifs is 1. The molecule has 1 saturated carbocycles. The van der Waals surface area contributed by atoms with Gasteiger partial charge in [-0.25, -0.2) is 8.78 Å². The van der Waals surface area contributed by atoms with Crippen molar-refractivity contribution in [3.8, 4) is 0 Å². The van der Waals surface area contributed by atoms with Gasteiger partial charge >= 0.3 is 0 Å². The van der Waals surface area contributed by atoms with Gasteiger partial charge in [0.1, 0.15) is 6.54 Å². The van der Waals surface area contributed by atoms with Crippen LogP contribution in [0.2, 0.25) is 0 Å². The number of hydrogen-bond acceptors (Lipinski definition) is 2. The Morgan fingerprint density at radius 2 is 2.00 bits per heavy atom. The Morgan fingerprint density at radius 3 is 2.70 bits per heavy atom. The van der Waals surface area contributed by atoms with Crippen molar-refractivity contribution in [2.24, 2.45) is 5.92 Å². The fourth-order valence-electron chi connectivity index (χ4n) is 2.07. The normalized spacial score (nSPS) is 18.1. The number of nitrogens with one attached hydrogen (secondary N) is 1. The Hall–Kier alpha value is -2.24. The van der Waals surface area contributed by atoms with Crippen LogP contribution >= 0.6 is 0 Å². The topological polar surface area (TPSA) is 49.4 Å². The number of anilines is 2. The summed E-state index contributed by atoms with van der Waals surface area (Å²) < 4.78 is 26.5. The number of amides is 2. The van der Waals surface area contributed by atoms with Crippen molar-refractivity contribution in [2.75, 3.05) is 16.8 Å². The number of benzene rings is 1. The molecular formula is C14H12F2N2O2. The summed E-state index contributed by atoms with van der Waals surface area (Å²) in [6.45, 7) is -0.202. The standard InChI is InChI=1S/C14H12F2N2O2/c15-9-5-11-12(6-10(9)16)18(7-13(19)17-11)14(20)4-3-8-1-2-8/h3-6,8H,1-2,7H2,(H,17,19)/b4-3+. The fraction of sp³-hybridized carbons (Fsp3) is 0.286. The summed E-state index contributed by atoms with van der Waals surface area (Å²) in [7, 11) is 0. The highest BCUT2D eigenvalue weighted by molar-refractivity contribution is 6.12. The van der Waals surface area contributed by atoms with Gasteiger partial charge in [0, 0.05) is 12.1 Å². The second kappa shape index (κ2) is 4.70. The summed E-state index contributed by atoms with van der Waals surface area (Å²) in [6, 6.07) is 1.81. The van der Waals surface area contributed by atoms with Gasteiger partial charge in [-0.1, -0.05) is 6.08 Å². The average molecular weight is 278 g/mol. The summed E-state index contributed by atoms with van der Waals surface area (Å²) in [5.41, 5.74) is 0.280. The molecule has 0 saturated heterocycles. The van der Waals surface area contributed by atoms with Crippen molar-refractivity contribution in [1.82, 2.24) is 0 Å². The molecule has 0 spiro atoms. The molecule has 2 aliphatic rings. The smallest absolute Gasteiger partial charge is 0.251 e. The van der Waals surface area contributed by atoms with Crippen LogP contribution in [0, 0.1) is 17.6 Å². The van der Waals surface area contributed by atoms with E-state index in [4.69, 9.17) is 0 Å². The van der Waals surface area contributed by atoms with Crippen LogP contribution in [0.4, 0.5) is 20.2 Å². The Kier molecular flexibility index (Phi) is 3.00. The Morgan fingerprint density at radius 1 is 1.30 bits per heavy atom. The molecule has 20 heavy (non-hydrogen) atoms. The Labute approximate surface area is 114 Å². The molecule has 0 atom stereocenters. The zero-order valence-corrected chi connectivity index (χ0v) is 10.5. The number of rotatable bonds is 2. The maximum absolute atomic E-state index is 13.3. The van der Waals surface area contributed by atoms with Crippen molar-refractivity contribution in [3.05, 3.63) is 35.9 Å². The number of halogens is 2. The molecule has 1 fully saturated rings. The molecule has 6 heteroatoms. The number of allylic oxidation sites excluding steroid dienone is 1. The van der Waals surface area contributed by atoms with Gasteiger partial charge < -0.3 is 5.32 Å². The summed E-state index contributed by atoms with van der Waals surface area (Å²) in [6.07, 6.45) is 5.29. The molecule has 0 unspecified atom stereocenters. The van der Waals surface area contributed by atoms with E-state index in [1.807, 2.05) is 0 Å². The van der Waals surface area contributed by atoms with Crippen molar-refractivity contribution >= 4 is 23.2 Å². The molecule has 0 bridgehead atoms. The third-order valence-electron chi connectivity index (χ3n) is 3.30. The summed E-state index contributed by atoms with van der Waals surface area (Å²) in [5, 5.41) is 2.43. The van der Waals surface area contributed by atoms with Gasteiger partial charge in [-0.2, -0.15) is 0 Å². The second-order valence-electron chi connectivity index (χ2n) is 4.95. The zero-order chi connectivity index (χ0) is 14.3. The van der Waals surface area contributed by atoms with Crippen LogP contribution in [0.15, 0.2) is 24.3 Å². The van der Waals surface area contributed by atoms with Crippen LogP contribution in [-0.4, -0.2) is 18.4 Å². The van der Waals surface area contributed by atoms with Crippen molar-refractivity contribution in [1.29, 1.82) is 0 Å². The summed E-state index contributed by atoms with van der Waals surface area (Å²) in [4.78, 5) is 24.8. The molecule has 1 aliphatic heterocycles. The van der Waals surface area contributed by atoms with E-state index in [1.54, 1.807) is 6.08 Å². The molecule has 1 heterocycles. The predicted molar refractivity (Wildman–Crippen MR) is 69.2 cm³/mol. The SMILES string of the molecule is O=C1CN(C(=O)/C=C/C2CC2)c2cc(F)c(F)cc2N1. The van der Waals surface area contributed by atoms with E-state index >= 15 is 0 Å². The first-order valence-electron chi connectivity index (χ1n) is 6.33. The van der Waals surface area contributed by atoms with Crippen LogP contribution in [0.3, 0.4) is 0 Å². The van der Waals surface area contributed by atoms with Gasteiger partial charge in [-0.15, -0.1) is 0 Å². The van der Waals surface area contributed by atoms with Crippen molar-refractivity contribution in [2.45, 2.75) is 12.8 Å². The molecule has 104 valence electrons. The first kappa shape index (κ1) is 12.8. The van der Waals surface area contributed by atoms with Crippen LogP contribution in [-0.2, 0) is 9.59 Å². The minimum absolute atomic E-state index is 0.105. The largest absolute Gasteiger partial charge is 0.323 e. The highest BCUT2D eigenvalue weighted by atomic mass is 19.2. The van der Waals surface area contributed by atoms with E-state index in [2.05, 4.69) is 5.32 Å². The lowest BCUT2D eigenvalue weighted by Crippen LogP contribution is -2.41. The maximum Gasteiger partial charge on any atom is 0.251 e. The fourth-order valence-corrected chi connectivity index (χ4v) is 2.07. The van der Waals surface area contributed by atoms with Gasteiger partial charge in [0.25, 0.3) is 5.91 Å². The van der Waals surface area contributed by atoms with Gasteiger partial charge in [0.05, 0.1) is 11.4 Å². The molecule has 0 radical (unpaired) electrons. The number of carbonyl (C=O) groups is 2. The van der Waals surface area contributed by atoms with Crippen molar-refractivity contribution in [3.63, 3.8) is 0 Å². The lowest BCUT2D eigenvalue weighted by atomic mass is 10.1. The van der Waals surface area contributed by atoms with Crippen LogP contribution in [0.1, 0.15) is 12.8 Å². The molecule has 1 aromatic rings. The second-order valence-corrected chi connectivity index (χ2v) is 4.95. The van der Waals surface area contributed by atoms with Gasteiger partial charge in [-0.05, 0) is 24.8 Å². The molecule has 1 aromatic carbocycles. The van der Waals surface area contributed by atoms with E-state index < -0.39 is 23.4 Å². The summed E-state index contributed by atoms with van der Waals surface area (Å²) >= 11 is 0. The molecular weight excluding hydrogens is 266 g/mol. The molecule has 1 N–H and O–H groups in total. The van der Waals surface area contributed by atoms with Crippen LogP contribution < -0.4 is 10.2 Å². The molecule has 4 nitrogen and oxygen atoms in total. The monoisotopic (exact) mass is 278 g/mol. The highest BCUT2D eigenvalue weighted by Gasteiger charge is 2.28. The van der Waals surface area contributed by atoms with E-state index in [9.17, 15) is 18.4 Å². The number of nitrogens with zero attached hydrogens (tertiary/aromatic N) is 1. The number of hydrogen-bond donors (Lipinski definition) is 1. The minimum Gasteiger partial charge on any atom is -0.323 e. The maximum atomic E-state index is 13.3. The molecule has 3 rings (SSSR count). The highest BCUT2D eigenvalue weighted by Crippen LogP contribution is 2.33. The van der Waals surface area contributed by atoms with Crippen LogP contribution in [0.25, 0.3) is 0 Å². The molecule has 0 aromatic heterocycles. The van der Waals surface area contributed by atoms with Gasteiger partial charge in [0.2, 0.25) is 5.91 Å². The molecule has 1 aliphatic carbocycles. The number of carbonyl (C=O) groups excluding carboxylic acids is 2. The first-order valence-corrected chi connectivity index (χ1v) is 6.33. The quantitative estimate of drug-likeness (QED) is 0.843. The van der Waals surface area contributed by atoms with E-state index in [1.165, 1.54) is 6.08 Å². The third-order valence-corrected chi connectivity index (χ3v) is 3.30. The van der Waals surface area contributed by atoms with E-state index in [0.29, 0.717) is 5.92 Å². The zero-order valence-electron chi connectivity index (χ0n) is 10.5. The Bertz CT molecular complexity index is 624. The lowest BCUT2D eigenvalue weighted by Gasteiger charge is -2.28. The van der Waals surface area contributed by atoms with Crippen molar-refractivity contribution < 1.29 is 18.4 Å². The Balaban J connectivity index is 1.94. The first-order chi connectivity index (χ1) is 9.54. The lowest BCUT2D eigenvalue weighted by molar-refractivity contribution is -0.119. The average Bonchev–Trinajstić information content (AvgIpc) is 3.21. The van der Waals surface area contributed by atoms with Gasteiger partial charge in [0.15, 0.2) is 11.6 Å². The summed E-state index contributed by atoms with van der Waals surface area (Å²) in [5.74, 6) is -2.53. The van der Waals surface area contributed by atoms with E-state index in [0.717, 1.165) is 29.9 Å². The molecule has 2 amide bonds. The predicted octanol–water partition coefficient (Wildman–Crippen LogP) is 2.22. The minimum atomic E-state index is -1.06. The third kappa shape index (κ3) is 2.41. The van der Waals surface area contributed by atoms with E-state index in [-0.39, 0.29) is 17.9 Å². The van der Waals surface area contributed by atoms with Gasteiger partial charge in [-0.3, -0.25) is 14.5 Å².